The van der Waals surface area contributed by atoms with Crippen LogP contribution >= 0.6 is 11.6 Å². The fraction of sp³-hybridized carbons (Fsp3) is 0.364. The predicted octanol–water partition coefficient (Wildman–Crippen LogP) is 0.395. The number of aliphatic hydroxyl groups excluding tert-OH is 1. The Kier molecular flexibility index (Phi) is 3.49. The summed E-state index contributed by atoms with van der Waals surface area (Å²) in [5, 5.41) is 18.5. The number of aromatic nitrogens is 1. The molecule has 6 nitrogen and oxygen atoms in total. The first-order valence-corrected chi connectivity index (χ1v) is 5.71. The normalized spacial score (nSPS) is 23.1. The fourth-order valence-electron chi connectivity index (χ4n) is 1.97. The van der Waals surface area contributed by atoms with Crippen molar-refractivity contribution in [3.8, 4) is 0 Å². The maximum Gasteiger partial charge on any atom is 0.326 e. The highest BCUT2D eigenvalue weighted by atomic mass is 35.5. The zero-order valence-electron chi connectivity index (χ0n) is 9.28. The molecule has 2 N–H and O–H groups in total. The first-order valence-electron chi connectivity index (χ1n) is 5.33. The van der Waals surface area contributed by atoms with Gasteiger partial charge < -0.3 is 15.1 Å². The molecule has 1 fully saturated rings. The van der Waals surface area contributed by atoms with E-state index in [1.54, 1.807) is 6.07 Å². The smallest absolute Gasteiger partial charge is 0.326 e. The lowest BCUT2D eigenvalue weighted by molar-refractivity contribution is -0.141. The van der Waals surface area contributed by atoms with Crippen molar-refractivity contribution >= 4 is 23.5 Å². The maximum absolute atomic E-state index is 12.2. The molecular weight excluding hydrogens is 260 g/mol. The second kappa shape index (κ2) is 4.91. The van der Waals surface area contributed by atoms with Crippen LogP contribution in [0, 0.1) is 0 Å². The lowest BCUT2D eigenvalue weighted by Crippen LogP contribution is -2.40. The number of halogens is 1. The predicted molar refractivity (Wildman–Crippen MR) is 62.3 cm³/mol. The van der Waals surface area contributed by atoms with Gasteiger partial charge in [-0.15, -0.1) is 0 Å². The molecule has 1 aliphatic heterocycles. The minimum absolute atomic E-state index is 0.0129. The summed E-state index contributed by atoms with van der Waals surface area (Å²) in [5.41, 5.74) is 0.138. The van der Waals surface area contributed by atoms with Crippen LogP contribution in [0.1, 0.15) is 16.8 Å². The van der Waals surface area contributed by atoms with Gasteiger partial charge in [0, 0.05) is 19.2 Å². The van der Waals surface area contributed by atoms with Gasteiger partial charge in [-0.3, -0.25) is 4.79 Å². The molecule has 0 aromatic carbocycles. The second-order valence-electron chi connectivity index (χ2n) is 4.04. The van der Waals surface area contributed by atoms with Crippen molar-refractivity contribution in [2.24, 2.45) is 0 Å². The molecule has 2 atom stereocenters. The van der Waals surface area contributed by atoms with Gasteiger partial charge in [0.05, 0.1) is 11.7 Å². The molecule has 0 saturated carbocycles. The van der Waals surface area contributed by atoms with Crippen LogP contribution in [0.25, 0.3) is 0 Å². The van der Waals surface area contributed by atoms with Crippen molar-refractivity contribution in [1.29, 1.82) is 0 Å². The average molecular weight is 271 g/mol. The number of carboxylic acids is 1. The fourth-order valence-corrected chi connectivity index (χ4v) is 2.17. The monoisotopic (exact) mass is 270 g/mol. The largest absolute Gasteiger partial charge is 0.480 e. The minimum Gasteiger partial charge on any atom is -0.480 e. The molecular formula is C11H11ClN2O4. The Hall–Kier alpha value is -1.66. The second-order valence-corrected chi connectivity index (χ2v) is 4.40. The van der Waals surface area contributed by atoms with Crippen molar-refractivity contribution in [2.75, 3.05) is 6.54 Å². The number of carbonyl (C=O) groups is 2. The molecule has 0 spiro atoms. The van der Waals surface area contributed by atoms with Gasteiger partial charge in [-0.25, -0.2) is 9.78 Å². The third-order valence-corrected chi connectivity index (χ3v) is 3.12. The number of β-amino-alcohol motifs (C(OH)–C–C–N with tert-alkyl or cyclic N) is 1. The molecule has 2 heterocycles. The van der Waals surface area contributed by atoms with Gasteiger partial charge in [-0.05, 0) is 12.1 Å². The molecule has 1 aliphatic rings. The topological polar surface area (TPSA) is 90.7 Å². The van der Waals surface area contributed by atoms with E-state index in [-0.39, 0.29) is 23.7 Å². The first-order chi connectivity index (χ1) is 8.50. The summed E-state index contributed by atoms with van der Waals surface area (Å²) in [6.07, 6.45) is 0.636. The van der Waals surface area contributed by atoms with Gasteiger partial charge in [0.1, 0.15) is 11.2 Å². The number of carbonyl (C=O) groups excluding carboxylic acids is 1. The maximum atomic E-state index is 12.2. The van der Waals surface area contributed by atoms with Crippen LogP contribution < -0.4 is 0 Å². The van der Waals surface area contributed by atoms with E-state index in [4.69, 9.17) is 16.7 Å². The standard InChI is InChI=1S/C11H11ClN2O4/c12-9-7(2-1-3-13-9)10(16)14-5-6(15)4-8(14)11(17)18/h1-3,6,8,15H,4-5H2,(H,17,18)/t6-,8-/m1/s1. The van der Waals surface area contributed by atoms with Crippen molar-refractivity contribution in [2.45, 2.75) is 18.6 Å². The highest BCUT2D eigenvalue weighted by Crippen LogP contribution is 2.23. The van der Waals surface area contributed by atoms with Crippen LogP contribution in [0.5, 0.6) is 0 Å². The number of aliphatic carboxylic acids is 1. The van der Waals surface area contributed by atoms with Gasteiger partial charge in [0.25, 0.3) is 5.91 Å². The Morgan fingerprint density at radius 3 is 2.83 bits per heavy atom. The van der Waals surface area contributed by atoms with Crippen LogP contribution in [0.15, 0.2) is 18.3 Å². The van der Waals surface area contributed by atoms with E-state index in [1.807, 2.05) is 0 Å². The van der Waals surface area contributed by atoms with Crippen LogP contribution in [0.4, 0.5) is 0 Å². The summed E-state index contributed by atoms with van der Waals surface area (Å²) in [6.45, 7) is -0.0129. The number of hydrogen-bond donors (Lipinski definition) is 2. The van der Waals surface area contributed by atoms with E-state index in [0.29, 0.717) is 0 Å². The number of carboxylic acid groups (broad SMARTS) is 1. The summed E-state index contributed by atoms with van der Waals surface area (Å²) in [4.78, 5) is 28.1. The zero-order chi connectivity index (χ0) is 13.3. The van der Waals surface area contributed by atoms with E-state index in [9.17, 15) is 14.7 Å². The number of rotatable bonds is 2. The van der Waals surface area contributed by atoms with Crippen LogP contribution in [0.2, 0.25) is 5.15 Å². The zero-order valence-corrected chi connectivity index (χ0v) is 10.0. The quantitative estimate of drug-likeness (QED) is 0.759. The van der Waals surface area contributed by atoms with Gasteiger partial charge in [-0.2, -0.15) is 0 Å². The summed E-state index contributed by atoms with van der Waals surface area (Å²) < 4.78 is 0. The summed E-state index contributed by atoms with van der Waals surface area (Å²) >= 11 is 5.79. The molecule has 1 saturated heterocycles. The molecule has 0 bridgehead atoms. The molecule has 1 aromatic heterocycles. The number of likely N-dealkylation sites (tertiary alicyclic amines) is 1. The summed E-state index contributed by atoms with van der Waals surface area (Å²) in [7, 11) is 0. The molecule has 0 aliphatic carbocycles. The molecule has 1 aromatic rings. The highest BCUT2D eigenvalue weighted by molar-refractivity contribution is 6.32. The van der Waals surface area contributed by atoms with Gasteiger partial charge >= 0.3 is 5.97 Å². The van der Waals surface area contributed by atoms with Gasteiger partial charge in [0.2, 0.25) is 0 Å². The van der Waals surface area contributed by atoms with E-state index in [2.05, 4.69) is 4.98 Å². The number of pyridine rings is 1. The molecule has 18 heavy (non-hydrogen) atoms. The van der Waals surface area contributed by atoms with E-state index >= 15 is 0 Å². The third kappa shape index (κ3) is 2.30. The Labute approximate surface area is 108 Å². The van der Waals surface area contributed by atoms with E-state index < -0.39 is 24.0 Å². The number of amides is 1. The van der Waals surface area contributed by atoms with Crippen molar-refractivity contribution < 1.29 is 19.8 Å². The van der Waals surface area contributed by atoms with Crippen molar-refractivity contribution in [1.82, 2.24) is 9.88 Å². The molecule has 7 heteroatoms. The lowest BCUT2D eigenvalue weighted by Gasteiger charge is -2.21. The highest BCUT2D eigenvalue weighted by Gasteiger charge is 2.39. The van der Waals surface area contributed by atoms with Crippen molar-refractivity contribution in [3.05, 3.63) is 29.0 Å². The van der Waals surface area contributed by atoms with E-state index in [1.165, 1.54) is 12.3 Å². The van der Waals surface area contributed by atoms with Crippen LogP contribution in [-0.2, 0) is 4.79 Å². The van der Waals surface area contributed by atoms with Crippen molar-refractivity contribution in [3.63, 3.8) is 0 Å². The van der Waals surface area contributed by atoms with E-state index in [0.717, 1.165) is 4.90 Å². The number of nitrogens with zero attached hydrogens (tertiary/aromatic N) is 2. The molecule has 2 rings (SSSR count). The minimum atomic E-state index is -1.14. The molecule has 0 unspecified atom stereocenters. The van der Waals surface area contributed by atoms with Crippen LogP contribution in [-0.4, -0.2) is 50.7 Å². The average Bonchev–Trinajstić information content (AvgIpc) is 2.71. The third-order valence-electron chi connectivity index (χ3n) is 2.81. The summed E-state index contributed by atoms with van der Waals surface area (Å²) in [6, 6.07) is 1.99. The SMILES string of the molecule is O=C(O)[C@H]1C[C@@H](O)CN1C(=O)c1cccnc1Cl. The number of hydrogen-bond acceptors (Lipinski definition) is 4. The van der Waals surface area contributed by atoms with Crippen LogP contribution in [0.3, 0.4) is 0 Å². The lowest BCUT2D eigenvalue weighted by atomic mass is 10.2. The molecule has 1 amide bonds. The number of aliphatic hydroxyl groups is 1. The molecule has 96 valence electrons. The Morgan fingerprint density at radius 1 is 1.50 bits per heavy atom. The Bertz CT molecular complexity index is 494. The first kappa shape index (κ1) is 12.8. The van der Waals surface area contributed by atoms with Gasteiger partial charge in [0.15, 0.2) is 0 Å². The summed E-state index contributed by atoms with van der Waals surface area (Å²) in [5.74, 6) is -1.67. The Morgan fingerprint density at radius 2 is 2.22 bits per heavy atom. The Balaban J connectivity index is 2.28. The molecule has 0 radical (unpaired) electrons. The van der Waals surface area contributed by atoms with Gasteiger partial charge in [-0.1, -0.05) is 11.6 Å².